The average Bonchev–Trinajstić information content (AvgIpc) is 3.26. The van der Waals surface area contributed by atoms with Gasteiger partial charge < -0.3 is 19.9 Å². The van der Waals surface area contributed by atoms with Crippen molar-refractivity contribution in [3.05, 3.63) is 64.2 Å². The van der Waals surface area contributed by atoms with Crippen molar-refractivity contribution < 1.29 is 19.1 Å². The number of piperazine rings is 1. The Hall–Kier alpha value is -3.06. The first-order valence-corrected chi connectivity index (χ1v) is 10.6. The lowest BCUT2D eigenvalue weighted by atomic mass is 10.1. The van der Waals surface area contributed by atoms with Crippen LogP contribution in [0, 0.1) is 0 Å². The zero-order chi connectivity index (χ0) is 22.0. The maximum atomic E-state index is 12.9. The van der Waals surface area contributed by atoms with Crippen molar-refractivity contribution in [1.29, 1.82) is 0 Å². The molecule has 1 unspecified atom stereocenters. The van der Waals surface area contributed by atoms with E-state index in [4.69, 9.17) is 16.3 Å². The number of carbonyl (C=O) groups excluding carboxylic acids is 3. The van der Waals surface area contributed by atoms with Gasteiger partial charge in [0.15, 0.2) is 0 Å². The number of hydrogen-bond donors (Lipinski definition) is 1. The molecule has 4 rings (SSSR count). The van der Waals surface area contributed by atoms with E-state index >= 15 is 0 Å². The van der Waals surface area contributed by atoms with Gasteiger partial charge in [-0.15, -0.1) is 0 Å². The molecule has 1 atom stereocenters. The maximum absolute atomic E-state index is 12.9. The first kappa shape index (κ1) is 21.2. The SMILES string of the molecule is COc1ccc(C(=O)NCc2cccc(Cl)c2)cc1CN1CC(=O)N2CCCC2C1=O. The molecule has 0 spiro atoms. The molecule has 2 aliphatic heterocycles. The van der Waals surface area contributed by atoms with Gasteiger partial charge >= 0.3 is 0 Å². The monoisotopic (exact) mass is 441 g/mol. The van der Waals surface area contributed by atoms with Gasteiger partial charge in [-0.1, -0.05) is 23.7 Å². The van der Waals surface area contributed by atoms with E-state index in [0.29, 0.717) is 41.4 Å². The Morgan fingerprint density at radius 1 is 1.23 bits per heavy atom. The summed E-state index contributed by atoms with van der Waals surface area (Å²) in [6, 6.07) is 12.0. The normalized spacial score (nSPS) is 18.2. The first-order chi connectivity index (χ1) is 15.0. The molecule has 2 heterocycles. The van der Waals surface area contributed by atoms with Crippen LogP contribution in [-0.2, 0) is 22.7 Å². The van der Waals surface area contributed by atoms with Gasteiger partial charge in [0.05, 0.1) is 7.11 Å². The van der Waals surface area contributed by atoms with Gasteiger partial charge in [0, 0.05) is 35.8 Å². The number of carbonyl (C=O) groups is 3. The van der Waals surface area contributed by atoms with Crippen LogP contribution in [0.3, 0.4) is 0 Å². The molecule has 0 aromatic heterocycles. The summed E-state index contributed by atoms with van der Waals surface area (Å²) < 4.78 is 5.43. The molecule has 2 aromatic rings. The molecule has 7 nitrogen and oxygen atoms in total. The molecular weight excluding hydrogens is 418 g/mol. The molecule has 1 N–H and O–H groups in total. The lowest BCUT2D eigenvalue weighted by molar-refractivity contribution is -0.154. The highest BCUT2D eigenvalue weighted by molar-refractivity contribution is 6.30. The smallest absolute Gasteiger partial charge is 0.251 e. The second-order valence-electron chi connectivity index (χ2n) is 7.78. The van der Waals surface area contributed by atoms with Crippen LogP contribution in [-0.4, -0.2) is 53.8 Å². The van der Waals surface area contributed by atoms with E-state index in [2.05, 4.69) is 5.32 Å². The average molecular weight is 442 g/mol. The van der Waals surface area contributed by atoms with Crippen LogP contribution in [0.25, 0.3) is 0 Å². The zero-order valence-electron chi connectivity index (χ0n) is 17.3. The number of methoxy groups -OCH3 is 1. The topological polar surface area (TPSA) is 79.0 Å². The highest BCUT2D eigenvalue weighted by atomic mass is 35.5. The number of fused-ring (bicyclic) bond motifs is 1. The summed E-state index contributed by atoms with van der Waals surface area (Å²) in [6.07, 6.45) is 1.55. The molecule has 2 aliphatic rings. The van der Waals surface area contributed by atoms with Crippen LogP contribution in [0.15, 0.2) is 42.5 Å². The molecule has 0 saturated carbocycles. The Morgan fingerprint density at radius 3 is 2.84 bits per heavy atom. The lowest BCUT2D eigenvalue weighted by Gasteiger charge is -2.36. The van der Waals surface area contributed by atoms with E-state index in [-0.39, 0.29) is 36.9 Å². The van der Waals surface area contributed by atoms with Crippen molar-refractivity contribution in [2.45, 2.75) is 32.0 Å². The quantitative estimate of drug-likeness (QED) is 0.747. The summed E-state index contributed by atoms with van der Waals surface area (Å²) in [7, 11) is 1.54. The third-order valence-electron chi connectivity index (χ3n) is 5.74. The van der Waals surface area contributed by atoms with Crippen molar-refractivity contribution in [3.8, 4) is 5.75 Å². The summed E-state index contributed by atoms with van der Waals surface area (Å²) in [6.45, 7) is 1.25. The number of rotatable bonds is 6. The van der Waals surface area contributed by atoms with Gasteiger partial charge in [-0.05, 0) is 48.7 Å². The number of nitrogens with one attached hydrogen (secondary N) is 1. The molecule has 0 bridgehead atoms. The number of amides is 3. The molecule has 0 radical (unpaired) electrons. The number of ether oxygens (including phenoxy) is 1. The van der Waals surface area contributed by atoms with Gasteiger partial charge in [-0.2, -0.15) is 0 Å². The van der Waals surface area contributed by atoms with E-state index < -0.39 is 0 Å². The number of nitrogens with zero attached hydrogens (tertiary/aromatic N) is 2. The highest BCUT2D eigenvalue weighted by Crippen LogP contribution is 2.27. The fraction of sp³-hybridized carbons (Fsp3) is 0.348. The Kier molecular flexibility index (Phi) is 6.13. The number of halogens is 1. The Bertz CT molecular complexity index is 1030. The molecule has 2 fully saturated rings. The second kappa shape index (κ2) is 8.98. The molecule has 8 heteroatoms. The summed E-state index contributed by atoms with van der Waals surface area (Å²) in [4.78, 5) is 41.2. The maximum Gasteiger partial charge on any atom is 0.251 e. The molecule has 0 aliphatic carbocycles. The Labute approximate surface area is 185 Å². The van der Waals surface area contributed by atoms with Crippen LogP contribution in [0.4, 0.5) is 0 Å². The highest BCUT2D eigenvalue weighted by Gasteiger charge is 2.41. The minimum absolute atomic E-state index is 0.0310. The van der Waals surface area contributed by atoms with E-state index in [1.54, 1.807) is 47.2 Å². The van der Waals surface area contributed by atoms with Gasteiger partial charge in [0.25, 0.3) is 5.91 Å². The van der Waals surface area contributed by atoms with Gasteiger partial charge in [-0.3, -0.25) is 14.4 Å². The molecule has 3 amide bonds. The summed E-state index contributed by atoms with van der Waals surface area (Å²) in [5.74, 6) is 0.249. The van der Waals surface area contributed by atoms with Crippen molar-refractivity contribution in [2.75, 3.05) is 20.2 Å². The van der Waals surface area contributed by atoms with E-state index in [9.17, 15) is 14.4 Å². The molecule has 162 valence electrons. The molecular formula is C23H24ClN3O4. The Balaban J connectivity index is 1.49. The van der Waals surface area contributed by atoms with Crippen molar-refractivity contribution >= 4 is 29.3 Å². The molecule has 2 saturated heterocycles. The van der Waals surface area contributed by atoms with Gasteiger partial charge in [0.1, 0.15) is 18.3 Å². The van der Waals surface area contributed by atoms with Crippen LogP contribution in [0.2, 0.25) is 5.02 Å². The number of hydrogen-bond acceptors (Lipinski definition) is 4. The minimum Gasteiger partial charge on any atom is -0.496 e. The van der Waals surface area contributed by atoms with Crippen LogP contribution >= 0.6 is 11.6 Å². The fourth-order valence-corrected chi connectivity index (χ4v) is 4.39. The predicted molar refractivity (Wildman–Crippen MR) is 116 cm³/mol. The largest absolute Gasteiger partial charge is 0.496 e. The zero-order valence-corrected chi connectivity index (χ0v) is 18.0. The van der Waals surface area contributed by atoms with Gasteiger partial charge in [-0.25, -0.2) is 0 Å². The van der Waals surface area contributed by atoms with Crippen molar-refractivity contribution in [1.82, 2.24) is 15.1 Å². The third kappa shape index (κ3) is 4.51. The van der Waals surface area contributed by atoms with E-state index in [1.165, 1.54) is 0 Å². The van der Waals surface area contributed by atoms with Crippen molar-refractivity contribution in [3.63, 3.8) is 0 Å². The predicted octanol–water partition coefficient (Wildman–Crippen LogP) is 2.61. The van der Waals surface area contributed by atoms with Crippen LogP contribution in [0.1, 0.15) is 34.3 Å². The fourth-order valence-electron chi connectivity index (χ4n) is 4.18. The van der Waals surface area contributed by atoms with E-state index in [1.807, 2.05) is 12.1 Å². The molecule has 2 aromatic carbocycles. The molecule has 31 heavy (non-hydrogen) atoms. The minimum atomic E-state index is -0.364. The Morgan fingerprint density at radius 2 is 2.06 bits per heavy atom. The summed E-state index contributed by atoms with van der Waals surface area (Å²) >= 11 is 5.99. The standard InChI is InChI=1S/C23H24ClN3O4/c1-31-20-8-7-16(22(29)25-12-15-4-2-5-18(24)10-15)11-17(20)13-26-14-21(28)27-9-3-6-19(27)23(26)30/h2,4-5,7-8,10-11,19H,3,6,9,12-14H2,1H3,(H,25,29). The van der Waals surface area contributed by atoms with Crippen molar-refractivity contribution in [2.24, 2.45) is 0 Å². The van der Waals surface area contributed by atoms with Crippen LogP contribution < -0.4 is 10.1 Å². The first-order valence-electron chi connectivity index (χ1n) is 10.2. The summed E-state index contributed by atoms with van der Waals surface area (Å²) in [5, 5.41) is 3.49. The third-order valence-corrected chi connectivity index (χ3v) is 5.98. The summed E-state index contributed by atoms with van der Waals surface area (Å²) in [5.41, 5.74) is 2.04. The lowest BCUT2D eigenvalue weighted by Crippen LogP contribution is -2.56. The number of benzene rings is 2. The second-order valence-corrected chi connectivity index (χ2v) is 8.22. The van der Waals surface area contributed by atoms with E-state index in [0.717, 1.165) is 12.0 Å². The van der Waals surface area contributed by atoms with Gasteiger partial charge in [0.2, 0.25) is 11.8 Å². The van der Waals surface area contributed by atoms with Crippen LogP contribution in [0.5, 0.6) is 5.75 Å².